The maximum atomic E-state index is 11.6. The monoisotopic (exact) mass is 304 g/mol. The van der Waals surface area contributed by atoms with Gasteiger partial charge in [0, 0.05) is 26.2 Å². The molecule has 2 aliphatic rings. The zero-order valence-electron chi connectivity index (χ0n) is 12.7. The second kappa shape index (κ2) is 6.30. The Morgan fingerprint density at radius 2 is 1.90 bits per heavy atom. The Bertz CT molecular complexity index is 416. The third-order valence-electron chi connectivity index (χ3n) is 4.85. The van der Waals surface area contributed by atoms with E-state index in [1.165, 1.54) is 6.26 Å². The SMILES string of the molecule is CCN1CCC(O)(CC2CCCN(S(C)(=O)=O)C2)CC1. The molecule has 0 amide bonds. The van der Waals surface area contributed by atoms with Crippen LogP contribution in [-0.2, 0) is 10.0 Å². The molecule has 2 saturated heterocycles. The normalized spacial score (nSPS) is 29.4. The fourth-order valence-corrected chi connectivity index (χ4v) is 4.46. The first kappa shape index (κ1) is 16.2. The molecule has 0 aliphatic carbocycles. The topological polar surface area (TPSA) is 60.9 Å². The molecule has 2 heterocycles. The van der Waals surface area contributed by atoms with Crippen LogP contribution in [-0.4, -0.2) is 67.3 Å². The van der Waals surface area contributed by atoms with Crippen LogP contribution in [0.5, 0.6) is 0 Å². The maximum absolute atomic E-state index is 11.6. The summed E-state index contributed by atoms with van der Waals surface area (Å²) in [4.78, 5) is 2.36. The van der Waals surface area contributed by atoms with Gasteiger partial charge in [-0.3, -0.25) is 0 Å². The molecule has 1 atom stereocenters. The third-order valence-corrected chi connectivity index (χ3v) is 6.12. The molecule has 0 spiro atoms. The predicted octanol–water partition coefficient (Wildman–Crippen LogP) is 0.895. The lowest BCUT2D eigenvalue weighted by Gasteiger charge is -2.41. The molecule has 20 heavy (non-hydrogen) atoms. The van der Waals surface area contributed by atoms with Crippen LogP contribution < -0.4 is 0 Å². The highest BCUT2D eigenvalue weighted by atomic mass is 32.2. The van der Waals surface area contributed by atoms with E-state index in [1.807, 2.05) is 0 Å². The van der Waals surface area contributed by atoms with E-state index >= 15 is 0 Å². The van der Waals surface area contributed by atoms with Crippen molar-refractivity contribution in [3.8, 4) is 0 Å². The fraction of sp³-hybridized carbons (Fsp3) is 1.00. The first-order chi connectivity index (χ1) is 9.32. The summed E-state index contributed by atoms with van der Waals surface area (Å²) in [5, 5.41) is 10.7. The fourth-order valence-electron chi connectivity index (χ4n) is 3.52. The van der Waals surface area contributed by atoms with Crippen molar-refractivity contribution in [2.24, 2.45) is 5.92 Å². The molecule has 2 aliphatic heterocycles. The zero-order valence-corrected chi connectivity index (χ0v) is 13.5. The molecular formula is C14H28N2O3S. The third kappa shape index (κ3) is 4.16. The molecule has 6 heteroatoms. The van der Waals surface area contributed by atoms with E-state index in [0.29, 0.717) is 19.0 Å². The molecule has 0 saturated carbocycles. The van der Waals surface area contributed by atoms with Crippen molar-refractivity contribution >= 4 is 10.0 Å². The van der Waals surface area contributed by atoms with Gasteiger partial charge in [0.05, 0.1) is 11.9 Å². The highest BCUT2D eigenvalue weighted by Gasteiger charge is 2.36. The van der Waals surface area contributed by atoms with Gasteiger partial charge in [-0.25, -0.2) is 12.7 Å². The van der Waals surface area contributed by atoms with E-state index < -0.39 is 15.6 Å². The minimum absolute atomic E-state index is 0.302. The van der Waals surface area contributed by atoms with Gasteiger partial charge in [-0.15, -0.1) is 0 Å². The van der Waals surface area contributed by atoms with Crippen LogP contribution in [0.15, 0.2) is 0 Å². The van der Waals surface area contributed by atoms with Crippen LogP contribution in [0.2, 0.25) is 0 Å². The summed E-state index contributed by atoms with van der Waals surface area (Å²) in [7, 11) is -3.09. The summed E-state index contributed by atoms with van der Waals surface area (Å²) in [6, 6.07) is 0. The highest BCUT2D eigenvalue weighted by Crippen LogP contribution is 2.33. The first-order valence-corrected chi connectivity index (χ1v) is 9.57. The van der Waals surface area contributed by atoms with Crippen molar-refractivity contribution in [3.63, 3.8) is 0 Å². The predicted molar refractivity (Wildman–Crippen MR) is 80.1 cm³/mol. The highest BCUT2D eigenvalue weighted by molar-refractivity contribution is 7.88. The van der Waals surface area contributed by atoms with Gasteiger partial charge in [0.2, 0.25) is 10.0 Å². The van der Waals surface area contributed by atoms with Crippen molar-refractivity contribution in [3.05, 3.63) is 0 Å². The molecule has 1 N–H and O–H groups in total. The largest absolute Gasteiger partial charge is 0.390 e. The Morgan fingerprint density at radius 1 is 1.25 bits per heavy atom. The minimum Gasteiger partial charge on any atom is -0.390 e. The standard InChI is InChI=1S/C14H28N2O3S/c1-3-15-9-6-14(17,7-10-15)11-13-5-4-8-16(12-13)20(2,18)19/h13,17H,3-12H2,1-2H3. The van der Waals surface area contributed by atoms with E-state index in [-0.39, 0.29) is 0 Å². The molecule has 5 nitrogen and oxygen atoms in total. The summed E-state index contributed by atoms with van der Waals surface area (Å²) >= 11 is 0. The van der Waals surface area contributed by atoms with Crippen molar-refractivity contribution in [2.45, 2.75) is 44.6 Å². The van der Waals surface area contributed by atoms with Gasteiger partial charge in [0.25, 0.3) is 0 Å². The quantitative estimate of drug-likeness (QED) is 0.838. The average Bonchev–Trinajstić information content (AvgIpc) is 2.38. The van der Waals surface area contributed by atoms with Crippen LogP contribution in [0.25, 0.3) is 0 Å². The van der Waals surface area contributed by atoms with Gasteiger partial charge in [-0.2, -0.15) is 0 Å². The number of hydrogen-bond acceptors (Lipinski definition) is 4. The van der Waals surface area contributed by atoms with Crippen LogP contribution in [0.4, 0.5) is 0 Å². The second-order valence-electron chi connectivity index (χ2n) is 6.49. The van der Waals surface area contributed by atoms with Gasteiger partial charge in [-0.1, -0.05) is 6.92 Å². The molecule has 118 valence electrons. The number of piperidine rings is 2. The summed E-state index contributed by atoms with van der Waals surface area (Å²) in [6.45, 7) is 6.32. The minimum atomic E-state index is -3.09. The van der Waals surface area contributed by atoms with Gasteiger partial charge < -0.3 is 10.0 Å². The Morgan fingerprint density at radius 3 is 2.45 bits per heavy atom. The van der Waals surface area contributed by atoms with Crippen molar-refractivity contribution in [1.29, 1.82) is 0 Å². The number of nitrogens with zero attached hydrogens (tertiary/aromatic N) is 2. The smallest absolute Gasteiger partial charge is 0.211 e. The molecule has 2 fully saturated rings. The number of likely N-dealkylation sites (tertiary alicyclic amines) is 1. The van der Waals surface area contributed by atoms with Crippen LogP contribution in [0, 0.1) is 5.92 Å². The van der Waals surface area contributed by atoms with E-state index in [2.05, 4.69) is 11.8 Å². The van der Waals surface area contributed by atoms with Crippen molar-refractivity contribution in [1.82, 2.24) is 9.21 Å². The Kier molecular flexibility index (Phi) is 5.10. The van der Waals surface area contributed by atoms with Gasteiger partial charge in [-0.05, 0) is 44.6 Å². The molecular weight excluding hydrogens is 276 g/mol. The van der Waals surface area contributed by atoms with E-state index in [0.717, 1.165) is 51.7 Å². The lowest BCUT2D eigenvalue weighted by Crippen LogP contribution is -2.47. The van der Waals surface area contributed by atoms with Crippen molar-refractivity contribution < 1.29 is 13.5 Å². The molecule has 0 bridgehead atoms. The summed E-state index contributed by atoms with van der Waals surface area (Å²) < 4.78 is 24.9. The average molecular weight is 304 g/mol. The molecule has 1 unspecified atom stereocenters. The van der Waals surface area contributed by atoms with Crippen LogP contribution >= 0.6 is 0 Å². The number of sulfonamides is 1. The molecule has 0 radical (unpaired) electrons. The Balaban J connectivity index is 1.89. The molecule has 2 rings (SSSR count). The number of rotatable bonds is 4. The van der Waals surface area contributed by atoms with E-state index in [4.69, 9.17) is 0 Å². The van der Waals surface area contributed by atoms with E-state index in [9.17, 15) is 13.5 Å². The first-order valence-electron chi connectivity index (χ1n) is 7.72. The van der Waals surface area contributed by atoms with Gasteiger partial charge in [0.15, 0.2) is 0 Å². The second-order valence-corrected chi connectivity index (χ2v) is 8.47. The van der Waals surface area contributed by atoms with Crippen LogP contribution in [0.3, 0.4) is 0 Å². The number of aliphatic hydroxyl groups is 1. The molecule has 0 aromatic carbocycles. The lowest BCUT2D eigenvalue weighted by atomic mass is 9.80. The summed E-state index contributed by atoms with van der Waals surface area (Å²) in [5.41, 5.74) is -0.586. The zero-order chi connectivity index (χ0) is 14.8. The van der Waals surface area contributed by atoms with Gasteiger partial charge >= 0.3 is 0 Å². The lowest BCUT2D eigenvalue weighted by molar-refractivity contribution is -0.0424. The Hall–Kier alpha value is -0.170. The summed E-state index contributed by atoms with van der Waals surface area (Å²) in [6.07, 6.45) is 5.60. The van der Waals surface area contributed by atoms with E-state index in [1.54, 1.807) is 4.31 Å². The molecule has 0 aromatic rings. The Labute approximate surface area is 123 Å². The van der Waals surface area contributed by atoms with Crippen molar-refractivity contribution in [2.75, 3.05) is 39.0 Å². The maximum Gasteiger partial charge on any atom is 0.211 e. The number of hydrogen-bond donors (Lipinski definition) is 1. The van der Waals surface area contributed by atoms with Crippen LogP contribution in [0.1, 0.15) is 39.0 Å². The summed E-state index contributed by atoms with van der Waals surface area (Å²) in [5.74, 6) is 0.302. The molecule has 0 aromatic heterocycles. The van der Waals surface area contributed by atoms with Gasteiger partial charge in [0.1, 0.15) is 0 Å².